The first-order chi connectivity index (χ1) is 12.0. The first-order valence-electron chi connectivity index (χ1n) is 8.20. The summed E-state index contributed by atoms with van der Waals surface area (Å²) in [7, 11) is 3.08. The van der Waals surface area contributed by atoms with Gasteiger partial charge in [0.1, 0.15) is 11.7 Å². The first-order valence-corrected chi connectivity index (χ1v) is 8.20. The smallest absolute Gasteiger partial charge is 0.220 e. The number of guanidine groups is 2. The monoisotopic (exact) mass is 342 g/mol. The van der Waals surface area contributed by atoms with Gasteiger partial charge in [-0.1, -0.05) is 6.42 Å². The van der Waals surface area contributed by atoms with Crippen LogP contribution in [0.15, 0.2) is 22.1 Å². The molecular formula is C17H22N6O2. The van der Waals surface area contributed by atoms with Gasteiger partial charge in [0.05, 0.1) is 25.5 Å². The zero-order chi connectivity index (χ0) is 18.0. The summed E-state index contributed by atoms with van der Waals surface area (Å²) in [6, 6.07) is 5.59. The van der Waals surface area contributed by atoms with Crippen LogP contribution in [-0.4, -0.2) is 31.8 Å². The third-order valence-electron chi connectivity index (χ3n) is 4.71. The predicted octanol–water partition coefficient (Wildman–Crippen LogP) is 1.69. The fourth-order valence-corrected chi connectivity index (χ4v) is 3.61. The fourth-order valence-electron chi connectivity index (χ4n) is 3.61. The molecule has 1 saturated carbocycles. The van der Waals surface area contributed by atoms with Gasteiger partial charge in [0.15, 0.2) is 11.5 Å². The van der Waals surface area contributed by atoms with Crippen LogP contribution in [0.2, 0.25) is 0 Å². The molecule has 1 spiro atoms. The van der Waals surface area contributed by atoms with Crippen molar-refractivity contribution in [3.05, 3.63) is 17.7 Å². The molecule has 8 heteroatoms. The second-order valence-corrected chi connectivity index (χ2v) is 6.15. The summed E-state index contributed by atoms with van der Waals surface area (Å²) in [5, 5.41) is 9.64. The minimum Gasteiger partial charge on any atom is -0.493 e. The Morgan fingerprint density at radius 3 is 2.36 bits per heavy atom. The van der Waals surface area contributed by atoms with E-state index in [1.807, 2.05) is 4.90 Å². The van der Waals surface area contributed by atoms with Gasteiger partial charge in [-0.05, 0) is 25.7 Å². The number of methoxy groups -OCH3 is 2. The second kappa shape index (κ2) is 6.51. The van der Waals surface area contributed by atoms with Gasteiger partial charge in [-0.3, -0.25) is 4.90 Å². The number of nitriles is 1. The van der Waals surface area contributed by atoms with Crippen molar-refractivity contribution in [3.8, 4) is 17.6 Å². The Kier molecular flexibility index (Phi) is 4.40. The van der Waals surface area contributed by atoms with Gasteiger partial charge in [-0.25, -0.2) is 4.99 Å². The zero-order valence-electron chi connectivity index (χ0n) is 14.5. The van der Waals surface area contributed by atoms with Gasteiger partial charge in [0.25, 0.3) is 0 Å². The maximum atomic E-state index is 9.64. The SMILES string of the molecule is COc1cc(C#N)c(N2C(N)=NC(N)=NC23CCCCC3)cc1OC. The van der Waals surface area contributed by atoms with Crippen LogP contribution in [-0.2, 0) is 0 Å². The third-order valence-corrected chi connectivity index (χ3v) is 4.71. The highest BCUT2D eigenvalue weighted by Gasteiger charge is 2.43. The van der Waals surface area contributed by atoms with Crippen LogP contribution in [0.25, 0.3) is 0 Å². The Balaban J connectivity index is 2.19. The van der Waals surface area contributed by atoms with E-state index in [1.54, 1.807) is 19.2 Å². The quantitative estimate of drug-likeness (QED) is 0.862. The summed E-state index contributed by atoms with van der Waals surface area (Å²) in [6.45, 7) is 0. The van der Waals surface area contributed by atoms with Crippen LogP contribution in [0.3, 0.4) is 0 Å². The third kappa shape index (κ3) is 2.82. The van der Waals surface area contributed by atoms with Gasteiger partial charge in [-0.2, -0.15) is 10.3 Å². The summed E-state index contributed by atoms with van der Waals surface area (Å²) < 4.78 is 10.7. The van der Waals surface area contributed by atoms with Gasteiger partial charge >= 0.3 is 0 Å². The highest BCUT2D eigenvalue weighted by atomic mass is 16.5. The van der Waals surface area contributed by atoms with Gasteiger partial charge in [-0.15, -0.1) is 0 Å². The van der Waals surface area contributed by atoms with Gasteiger partial charge < -0.3 is 20.9 Å². The maximum absolute atomic E-state index is 9.64. The maximum Gasteiger partial charge on any atom is 0.220 e. The number of rotatable bonds is 3. The molecule has 0 saturated heterocycles. The van der Waals surface area contributed by atoms with Crippen LogP contribution >= 0.6 is 0 Å². The van der Waals surface area contributed by atoms with Gasteiger partial charge in [0.2, 0.25) is 11.9 Å². The molecule has 1 aromatic rings. The topological polar surface area (TPSA) is 122 Å². The highest BCUT2D eigenvalue weighted by Crippen LogP contribution is 2.43. The minimum absolute atomic E-state index is 0.176. The standard InChI is InChI=1S/C17H22N6O2/c1-24-13-8-11(10-18)12(9-14(13)25-2)23-16(20)21-15(19)22-17(23)6-4-3-5-7-17/h8-9H,3-7H2,1-2H3,(H4,19,20,21,22). The molecule has 25 heavy (non-hydrogen) atoms. The molecule has 0 unspecified atom stereocenters. The molecule has 1 fully saturated rings. The zero-order valence-corrected chi connectivity index (χ0v) is 14.5. The number of hydrogen-bond donors (Lipinski definition) is 2. The lowest BCUT2D eigenvalue weighted by atomic mass is 9.87. The number of anilines is 1. The number of nitrogens with two attached hydrogens (primary N) is 2. The van der Waals surface area contributed by atoms with Crippen LogP contribution < -0.4 is 25.8 Å². The van der Waals surface area contributed by atoms with Crippen molar-refractivity contribution >= 4 is 17.6 Å². The molecule has 1 aromatic carbocycles. The first kappa shape index (κ1) is 16.9. The Hall–Kier alpha value is -2.95. The average molecular weight is 342 g/mol. The highest BCUT2D eigenvalue weighted by molar-refractivity contribution is 6.06. The van der Waals surface area contributed by atoms with Crippen LogP contribution in [0, 0.1) is 11.3 Å². The van der Waals surface area contributed by atoms with Crippen molar-refractivity contribution in [1.29, 1.82) is 5.26 Å². The molecule has 0 radical (unpaired) electrons. The number of aliphatic imine (C=N–C) groups is 2. The van der Waals surface area contributed by atoms with E-state index < -0.39 is 5.66 Å². The molecule has 1 aliphatic heterocycles. The van der Waals surface area contributed by atoms with Crippen molar-refractivity contribution in [2.24, 2.45) is 21.5 Å². The van der Waals surface area contributed by atoms with E-state index in [2.05, 4.69) is 16.1 Å². The van der Waals surface area contributed by atoms with Crippen molar-refractivity contribution in [3.63, 3.8) is 0 Å². The summed E-state index contributed by atoms with van der Waals surface area (Å²) in [6.07, 6.45) is 4.75. The van der Waals surface area contributed by atoms with Crippen LogP contribution in [0.1, 0.15) is 37.7 Å². The fraction of sp³-hybridized carbons (Fsp3) is 0.471. The lowest BCUT2D eigenvalue weighted by Crippen LogP contribution is -2.58. The molecular weight excluding hydrogens is 320 g/mol. The van der Waals surface area contributed by atoms with Gasteiger partial charge in [0, 0.05) is 12.1 Å². The Morgan fingerprint density at radius 2 is 1.76 bits per heavy atom. The van der Waals surface area contributed by atoms with Crippen LogP contribution in [0.5, 0.6) is 11.5 Å². The lowest BCUT2D eigenvalue weighted by molar-refractivity contribution is 0.305. The summed E-state index contributed by atoms with van der Waals surface area (Å²) >= 11 is 0. The molecule has 0 amide bonds. The van der Waals surface area contributed by atoms with E-state index in [0.29, 0.717) is 22.7 Å². The largest absolute Gasteiger partial charge is 0.493 e. The number of hydrogen-bond acceptors (Lipinski definition) is 8. The predicted molar refractivity (Wildman–Crippen MR) is 95.8 cm³/mol. The van der Waals surface area contributed by atoms with E-state index in [0.717, 1.165) is 32.1 Å². The van der Waals surface area contributed by atoms with E-state index in [9.17, 15) is 5.26 Å². The summed E-state index contributed by atoms with van der Waals surface area (Å²) in [5.74, 6) is 1.40. The van der Waals surface area contributed by atoms with Crippen molar-refractivity contribution in [1.82, 2.24) is 0 Å². The summed E-state index contributed by atoms with van der Waals surface area (Å²) in [5.41, 5.74) is 12.5. The molecule has 1 heterocycles. The van der Waals surface area contributed by atoms with E-state index in [-0.39, 0.29) is 11.9 Å². The minimum atomic E-state index is -0.612. The molecule has 3 rings (SSSR count). The lowest BCUT2D eigenvalue weighted by Gasteiger charge is -2.45. The molecule has 4 N–H and O–H groups in total. The number of ether oxygens (including phenoxy) is 2. The van der Waals surface area contributed by atoms with Crippen molar-refractivity contribution in [2.75, 3.05) is 19.1 Å². The molecule has 0 bridgehead atoms. The van der Waals surface area contributed by atoms with Crippen molar-refractivity contribution in [2.45, 2.75) is 37.8 Å². The molecule has 132 valence electrons. The molecule has 2 aliphatic rings. The molecule has 8 nitrogen and oxygen atoms in total. The van der Waals surface area contributed by atoms with Crippen molar-refractivity contribution < 1.29 is 9.47 Å². The second-order valence-electron chi connectivity index (χ2n) is 6.15. The Bertz CT molecular complexity index is 774. The number of benzene rings is 1. The average Bonchev–Trinajstić information content (AvgIpc) is 2.61. The van der Waals surface area contributed by atoms with Crippen LogP contribution in [0.4, 0.5) is 5.69 Å². The molecule has 0 atom stereocenters. The molecule has 1 aliphatic carbocycles. The van der Waals surface area contributed by atoms with E-state index in [1.165, 1.54) is 7.11 Å². The molecule has 0 aromatic heterocycles. The number of nitrogens with zero attached hydrogens (tertiary/aromatic N) is 4. The normalized spacial score (nSPS) is 19.0. The summed E-state index contributed by atoms with van der Waals surface area (Å²) in [4.78, 5) is 10.6. The Labute approximate surface area is 146 Å². The Morgan fingerprint density at radius 1 is 1.12 bits per heavy atom. The van der Waals surface area contributed by atoms with E-state index >= 15 is 0 Å². The van der Waals surface area contributed by atoms with E-state index in [4.69, 9.17) is 20.9 Å².